The molecular formula is C20H26N2O4. The summed E-state index contributed by atoms with van der Waals surface area (Å²) in [5.41, 5.74) is 0.971. The molecule has 26 heavy (non-hydrogen) atoms. The lowest BCUT2D eigenvalue weighted by Gasteiger charge is -2.30. The number of amides is 2. The topological polar surface area (TPSA) is 75.7 Å². The van der Waals surface area contributed by atoms with Crippen molar-refractivity contribution in [3.05, 3.63) is 42.0 Å². The molecule has 1 saturated heterocycles. The molecule has 0 unspecified atom stereocenters. The summed E-state index contributed by atoms with van der Waals surface area (Å²) in [6, 6.07) is 9.64. The van der Waals surface area contributed by atoms with Crippen molar-refractivity contribution in [2.24, 2.45) is 5.92 Å². The van der Waals surface area contributed by atoms with Crippen molar-refractivity contribution >= 4 is 23.9 Å². The smallest absolute Gasteiger partial charge is 0.309 e. The summed E-state index contributed by atoms with van der Waals surface area (Å²) in [6.07, 6.45) is 4.45. The van der Waals surface area contributed by atoms with Crippen LogP contribution in [0.4, 0.5) is 0 Å². The number of esters is 1. The summed E-state index contributed by atoms with van der Waals surface area (Å²) in [5.74, 6) is -0.983. The first-order valence-electron chi connectivity index (χ1n) is 8.93. The highest BCUT2D eigenvalue weighted by atomic mass is 16.5. The first kappa shape index (κ1) is 19.7. The molecule has 0 aromatic heterocycles. The Hall–Kier alpha value is -2.63. The van der Waals surface area contributed by atoms with E-state index in [0.717, 1.165) is 5.56 Å². The number of likely N-dealkylation sites (tertiary alicyclic amines) is 1. The molecule has 1 N–H and O–H groups in total. The third-order valence-corrected chi connectivity index (χ3v) is 4.15. The van der Waals surface area contributed by atoms with Gasteiger partial charge in [0.05, 0.1) is 5.92 Å². The van der Waals surface area contributed by atoms with Crippen LogP contribution >= 0.6 is 0 Å². The quantitative estimate of drug-likeness (QED) is 0.623. The van der Waals surface area contributed by atoms with Crippen LogP contribution in [0.5, 0.6) is 0 Å². The molecule has 2 rings (SSSR count). The minimum atomic E-state index is -0.365. The zero-order valence-corrected chi connectivity index (χ0v) is 15.3. The molecule has 0 bridgehead atoms. The largest absolute Gasteiger partial charge is 0.455 e. The summed E-state index contributed by atoms with van der Waals surface area (Å²) in [7, 11) is 0. The van der Waals surface area contributed by atoms with Crippen LogP contribution < -0.4 is 5.32 Å². The molecule has 1 heterocycles. The standard InChI is InChI=1S/C20H26N2O4/c1-15(2)21-18(23)14-26-20(25)17-10-12-22(13-11-17)19(24)9-8-16-6-4-3-5-7-16/h3-9,15,17H,10-14H2,1-2H3,(H,21,23)/b9-8+. The second-order valence-corrected chi connectivity index (χ2v) is 6.67. The van der Waals surface area contributed by atoms with Crippen molar-refractivity contribution < 1.29 is 19.1 Å². The van der Waals surface area contributed by atoms with E-state index < -0.39 is 0 Å². The molecule has 1 aliphatic heterocycles. The molecule has 0 atom stereocenters. The van der Waals surface area contributed by atoms with Crippen LogP contribution in [-0.2, 0) is 19.1 Å². The summed E-state index contributed by atoms with van der Waals surface area (Å²) in [4.78, 5) is 37.5. The maximum atomic E-state index is 12.2. The van der Waals surface area contributed by atoms with Gasteiger partial charge in [-0.1, -0.05) is 30.3 Å². The Labute approximate surface area is 154 Å². The van der Waals surface area contributed by atoms with Crippen molar-refractivity contribution in [2.45, 2.75) is 32.7 Å². The number of carbonyl (C=O) groups is 3. The van der Waals surface area contributed by atoms with Crippen LogP contribution in [0.15, 0.2) is 36.4 Å². The number of nitrogens with zero attached hydrogens (tertiary/aromatic N) is 1. The summed E-state index contributed by atoms with van der Waals surface area (Å²) >= 11 is 0. The predicted octanol–water partition coefficient (Wildman–Crippen LogP) is 2.01. The zero-order chi connectivity index (χ0) is 18.9. The lowest BCUT2D eigenvalue weighted by atomic mass is 9.97. The fourth-order valence-electron chi connectivity index (χ4n) is 2.79. The van der Waals surface area contributed by atoms with E-state index in [2.05, 4.69) is 5.32 Å². The second kappa shape index (κ2) is 9.75. The van der Waals surface area contributed by atoms with Crippen molar-refractivity contribution in [3.8, 4) is 0 Å². The highest BCUT2D eigenvalue weighted by Crippen LogP contribution is 2.19. The van der Waals surface area contributed by atoms with Gasteiger partial charge in [0.2, 0.25) is 5.91 Å². The van der Waals surface area contributed by atoms with Gasteiger partial charge in [-0.3, -0.25) is 14.4 Å². The maximum absolute atomic E-state index is 12.2. The molecule has 1 aromatic carbocycles. The van der Waals surface area contributed by atoms with Gasteiger partial charge >= 0.3 is 5.97 Å². The molecule has 6 nitrogen and oxygen atoms in total. The molecule has 2 amide bonds. The first-order chi connectivity index (χ1) is 12.5. The Balaban J connectivity index is 1.74. The van der Waals surface area contributed by atoms with Crippen molar-refractivity contribution in [3.63, 3.8) is 0 Å². The second-order valence-electron chi connectivity index (χ2n) is 6.67. The van der Waals surface area contributed by atoms with Crippen LogP contribution in [0.1, 0.15) is 32.3 Å². The van der Waals surface area contributed by atoms with Gasteiger partial charge in [0.25, 0.3) is 5.91 Å². The molecular weight excluding hydrogens is 332 g/mol. The lowest BCUT2D eigenvalue weighted by Crippen LogP contribution is -2.40. The van der Waals surface area contributed by atoms with Crippen LogP contribution in [-0.4, -0.2) is 48.4 Å². The SMILES string of the molecule is CC(C)NC(=O)COC(=O)C1CCN(C(=O)/C=C/c2ccccc2)CC1. The van der Waals surface area contributed by atoms with E-state index in [1.165, 1.54) is 0 Å². The van der Waals surface area contributed by atoms with E-state index in [1.54, 1.807) is 17.1 Å². The molecule has 1 aliphatic rings. The van der Waals surface area contributed by atoms with Crippen LogP contribution in [0.25, 0.3) is 6.08 Å². The normalized spacial score (nSPS) is 15.3. The van der Waals surface area contributed by atoms with Gasteiger partial charge in [0.1, 0.15) is 0 Å². The van der Waals surface area contributed by atoms with Gasteiger partial charge in [0.15, 0.2) is 6.61 Å². The summed E-state index contributed by atoms with van der Waals surface area (Å²) < 4.78 is 5.08. The number of hydrogen-bond acceptors (Lipinski definition) is 4. The van der Waals surface area contributed by atoms with E-state index >= 15 is 0 Å². The van der Waals surface area contributed by atoms with E-state index in [0.29, 0.717) is 25.9 Å². The van der Waals surface area contributed by atoms with E-state index in [1.807, 2.05) is 44.2 Å². The Bertz CT molecular complexity index is 647. The van der Waals surface area contributed by atoms with Gasteiger partial charge < -0.3 is 15.0 Å². The van der Waals surface area contributed by atoms with Crippen LogP contribution in [0.2, 0.25) is 0 Å². The molecule has 1 aromatic rings. The minimum absolute atomic E-state index is 0.0133. The monoisotopic (exact) mass is 358 g/mol. The third kappa shape index (κ3) is 6.35. The minimum Gasteiger partial charge on any atom is -0.455 e. The van der Waals surface area contributed by atoms with E-state index in [9.17, 15) is 14.4 Å². The highest BCUT2D eigenvalue weighted by Gasteiger charge is 2.28. The Morgan fingerprint density at radius 3 is 2.46 bits per heavy atom. The maximum Gasteiger partial charge on any atom is 0.309 e. The number of ether oxygens (including phenoxy) is 1. The molecule has 6 heteroatoms. The van der Waals surface area contributed by atoms with Crippen molar-refractivity contribution in [1.29, 1.82) is 0 Å². The van der Waals surface area contributed by atoms with Crippen molar-refractivity contribution in [2.75, 3.05) is 19.7 Å². The average molecular weight is 358 g/mol. The Kier molecular flexibility index (Phi) is 7.38. The molecule has 0 saturated carbocycles. The average Bonchev–Trinajstić information content (AvgIpc) is 2.64. The van der Waals surface area contributed by atoms with Crippen LogP contribution in [0, 0.1) is 5.92 Å². The Morgan fingerprint density at radius 2 is 1.85 bits per heavy atom. The zero-order valence-electron chi connectivity index (χ0n) is 15.3. The predicted molar refractivity (Wildman–Crippen MR) is 99.0 cm³/mol. The van der Waals surface area contributed by atoms with Crippen molar-refractivity contribution in [1.82, 2.24) is 10.2 Å². The molecule has 0 radical (unpaired) electrons. The van der Waals surface area contributed by atoms with E-state index in [4.69, 9.17) is 4.74 Å². The molecule has 1 fully saturated rings. The lowest BCUT2D eigenvalue weighted by molar-refractivity contribution is -0.154. The number of nitrogens with one attached hydrogen (secondary N) is 1. The number of hydrogen-bond donors (Lipinski definition) is 1. The van der Waals surface area contributed by atoms with Gasteiger partial charge in [-0.15, -0.1) is 0 Å². The van der Waals surface area contributed by atoms with Gasteiger partial charge in [-0.05, 0) is 38.3 Å². The first-order valence-corrected chi connectivity index (χ1v) is 8.93. The number of rotatable bonds is 6. The molecule has 140 valence electrons. The summed E-state index contributed by atoms with van der Waals surface area (Å²) in [5, 5.41) is 2.67. The van der Waals surface area contributed by atoms with Gasteiger partial charge in [-0.25, -0.2) is 0 Å². The Morgan fingerprint density at radius 1 is 1.19 bits per heavy atom. The van der Waals surface area contributed by atoms with Gasteiger partial charge in [0, 0.05) is 25.2 Å². The van der Waals surface area contributed by atoms with Crippen LogP contribution in [0.3, 0.4) is 0 Å². The van der Waals surface area contributed by atoms with Gasteiger partial charge in [-0.2, -0.15) is 0 Å². The number of piperidine rings is 1. The van der Waals surface area contributed by atoms with E-state index in [-0.39, 0.29) is 36.4 Å². The third-order valence-electron chi connectivity index (χ3n) is 4.15. The number of carbonyl (C=O) groups excluding carboxylic acids is 3. The molecule has 0 spiro atoms. The highest BCUT2D eigenvalue weighted by molar-refractivity contribution is 5.92. The molecule has 0 aliphatic carbocycles. The summed E-state index contributed by atoms with van der Waals surface area (Å²) in [6.45, 7) is 4.46. The number of benzene rings is 1. The fourth-order valence-corrected chi connectivity index (χ4v) is 2.79. The fraction of sp³-hybridized carbons (Fsp3) is 0.450.